The highest BCUT2D eigenvalue weighted by Crippen LogP contribution is 2.45. The molecule has 2 atom stereocenters. The van der Waals surface area contributed by atoms with Gasteiger partial charge in [-0.05, 0) is 23.8 Å². The molecular weight excluding hydrogens is 370 g/mol. The number of hydrogen-bond acceptors (Lipinski definition) is 6. The molecule has 0 radical (unpaired) electrons. The fourth-order valence-corrected chi connectivity index (χ4v) is 3.66. The van der Waals surface area contributed by atoms with E-state index in [1.807, 2.05) is 0 Å². The van der Waals surface area contributed by atoms with Gasteiger partial charge in [0.2, 0.25) is 0 Å². The number of ether oxygens (including phenoxy) is 1. The third-order valence-electron chi connectivity index (χ3n) is 3.37. The molecule has 0 unspecified atom stereocenters. The van der Waals surface area contributed by atoms with E-state index in [0.29, 0.717) is 11.3 Å². The third-order valence-corrected chi connectivity index (χ3v) is 5.25. The Bertz CT molecular complexity index is 783. The number of aliphatic hydroxyl groups excluding tert-OH is 1. The lowest BCUT2D eigenvalue weighted by Gasteiger charge is -2.20. The lowest BCUT2D eigenvalue weighted by molar-refractivity contribution is -0.387. The zero-order valence-corrected chi connectivity index (χ0v) is 14.5. The molecule has 0 fully saturated rings. The summed E-state index contributed by atoms with van der Waals surface area (Å²) in [7, 11) is 1.49. The van der Waals surface area contributed by atoms with E-state index in [1.54, 1.807) is 24.3 Å². The van der Waals surface area contributed by atoms with Crippen molar-refractivity contribution in [3.63, 3.8) is 0 Å². The standard InChI is InChI=1S/C16H14ClNO6S/c1-24-10-7-5-9(6-8-10)14(13(19)16(20)21)25-15-11(17)3-2-4-12(15)18(22)23/h2-8,13-14,19H,1H3,(H,20,21)/t13-,14+/m1/s1. The monoisotopic (exact) mass is 383 g/mol. The summed E-state index contributed by atoms with van der Waals surface area (Å²) < 4.78 is 5.05. The topological polar surface area (TPSA) is 110 Å². The molecule has 2 aromatic carbocycles. The zero-order valence-electron chi connectivity index (χ0n) is 13.0. The van der Waals surface area contributed by atoms with Gasteiger partial charge < -0.3 is 14.9 Å². The predicted molar refractivity (Wildman–Crippen MR) is 93.3 cm³/mol. The number of nitrogens with zero attached hydrogens (tertiary/aromatic N) is 1. The average Bonchev–Trinajstić information content (AvgIpc) is 2.60. The summed E-state index contributed by atoms with van der Waals surface area (Å²) in [6, 6.07) is 10.6. The van der Waals surface area contributed by atoms with Crippen LogP contribution in [-0.2, 0) is 4.79 Å². The van der Waals surface area contributed by atoms with Crippen LogP contribution in [0.25, 0.3) is 0 Å². The van der Waals surface area contributed by atoms with Crippen LogP contribution in [-0.4, -0.2) is 34.3 Å². The summed E-state index contributed by atoms with van der Waals surface area (Å²) in [5.74, 6) is -0.885. The van der Waals surface area contributed by atoms with Crippen molar-refractivity contribution >= 4 is 35.0 Å². The molecule has 0 aliphatic rings. The van der Waals surface area contributed by atoms with Crippen LogP contribution in [0, 0.1) is 10.1 Å². The maximum atomic E-state index is 11.3. The van der Waals surface area contributed by atoms with Crippen LogP contribution >= 0.6 is 23.4 Å². The Kier molecular flexibility index (Phi) is 6.24. The summed E-state index contributed by atoms with van der Waals surface area (Å²) >= 11 is 6.89. The molecule has 2 aromatic rings. The second-order valence-electron chi connectivity index (χ2n) is 4.94. The first-order valence-corrected chi connectivity index (χ1v) is 8.25. The van der Waals surface area contributed by atoms with Crippen LogP contribution in [0.5, 0.6) is 5.75 Å². The number of nitro groups is 1. The van der Waals surface area contributed by atoms with Gasteiger partial charge in [-0.15, -0.1) is 11.8 Å². The van der Waals surface area contributed by atoms with E-state index in [-0.39, 0.29) is 15.6 Å². The van der Waals surface area contributed by atoms with Crippen molar-refractivity contribution in [2.45, 2.75) is 16.2 Å². The van der Waals surface area contributed by atoms with Crippen LogP contribution in [0.3, 0.4) is 0 Å². The molecule has 9 heteroatoms. The van der Waals surface area contributed by atoms with Gasteiger partial charge in [0.1, 0.15) is 10.6 Å². The molecule has 0 heterocycles. The average molecular weight is 384 g/mol. The van der Waals surface area contributed by atoms with Crippen molar-refractivity contribution in [2.24, 2.45) is 0 Å². The Labute approximate surface area is 152 Å². The maximum absolute atomic E-state index is 11.3. The Morgan fingerprint density at radius 1 is 1.28 bits per heavy atom. The van der Waals surface area contributed by atoms with E-state index in [0.717, 1.165) is 11.8 Å². The second kappa shape index (κ2) is 8.19. The van der Waals surface area contributed by atoms with Crippen LogP contribution < -0.4 is 4.74 Å². The number of nitro benzene ring substituents is 1. The lowest BCUT2D eigenvalue weighted by Crippen LogP contribution is -2.26. The highest BCUT2D eigenvalue weighted by atomic mass is 35.5. The molecule has 7 nitrogen and oxygen atoms in total. The van der Waals surface area contributed by atoms with Gasteiger partial charge in [-0.3, -0.25) is 10.1 Å². The highest BCUT2D eigenvalue weighted by Gasteiger charge is 2.31. The first kappa shape index (κ1) is 19.0. The maximum Gasteiger partial charge on any atom is 0.334 e. The van der Waals surface area contributed by atoms with Gasteiger partial charge in [-0.2, -0.15) is 0 Å². The van der Waals surface area contributed by atoms with Crippen molar-refractivity contribution in [1.82, 2.24) is 0 Å². The second-order valence-corrected chi connectivity index (χ2v) is 6.50. The van der Waals surface area contributed by atoms with E-state index in [4.69, 9.17) is 16.3 Å². The van der Waals surface area contributed by atoms with Crippen LogP contribution in [0.15, 0.2) is 47.4 Å². The largest absolute Gasteiger partial charge is 0.497 e. The molecule has 132 valence electrons. The van der Waals surface area contributed by atoms with E-state index in [2.05, 4.69) is 0 Å². The molecule has 25 heavy (non-hydrogen) atoms. The predicted octanol–water partition coefficient (Wildman–Crippen LogP) is 3.54. The molecule has 0 aliphatic carbocycles. The first-order chi connectivity index (χ1) is 11.8. The number of aliphatic carboxylic acids is 1. The molecule has 0 spiro atoms. The quantitative estimate of drug-likeness (QED) is 0.427. The Balaban J connectivity index is 2.47. The van der Waals surface area contributed by atoms with Crippen LogP contribution in [0.2, 0.25) is 5.02 Å². The number of benzene rings is 2. The van der Waals surface area contributed by atoms with E-state index >= 15 is 0 Å². The number of halogens is 1. The lowest BCUT2D eigenvalue weighted by atomic mass is 10.1. The van der Waals surface area contributed by atoms with Crippen molar-refractivity contribution in [1.29, 1.82) is 0 Å². The van der Waals surface area contributed by atoms with Gasteiger partial charge in [0.15, 0.2) is 6.10 Å². The highest BCUT2D eigenvalue weighted by molar-refractivity contribution is 7.99. The molecule has 0 saturated carbocycles. The third kappa shape index (κ3) is 4.41. The SMILES string of the molecule is COc1ccc([C@H](Sc2c(Cl)cccc2[N+](=O)[O-])[C@@H](O)C(=O)O)cc1. The molecule has 0 amide bonds. The number of hydrogen-bond donors (Lipinski definition) is 2. The first-order valence-electron chi connectivity index (χ1n) is 6.99. The number of carboxylic acid groups (broad SMARTS) is 1. The Hall–Kier alpha value is -2.29. The minimum Gasteiger partial charge on any atom is -0.497 e. The van der Waals surface area contributed by atoms with E-state index in [9.17, 15) is 25.1 Å². The van der Waals surface area contributed by atoms with Gasteiger partial charge in [-0.25, -0.2) is 4.79 Å². The van der Waals surface area contributed by atoms with E-state index in [1.165, 1.54) is 25.3 Å². The van der Waals surface area contributed by atoms with Crippen molar-refractivity contribution in [3.05, 3.63) is 63.2 Å². The summed E-state index contributed by atoms with van der Waals surface area (Å²) in [5, 5.41) is 29.6. The fraction of sp³-hybridized carbons (Fsp3) is 0.188. The van der Waals surface area contributed by atoms with Gasteiger partial charge >= 0.3 is 5.97 Å². The smallest absolute Gasteiger partial charge is 0.334 e. The molecule has 0 aliphatic heterocycles. The zero-order chi connectivity index (χ0) is 18.6. The van der Waals surface area contributed by atoms with Crippen LogP contribution in [0.4, 0.5) is 5.69 Å². The fourth-order valence-electron chi connectivity index (χ4n) is 2.12. The van der Waals surface area contributed by atoms with E-state index < -0.39 is 22.2 Å². The van der Waals surface area contributed by atoms with Crippen molar-refractivity contribution in [3.8, 4) is 5.75 Å². The molecule has 0 aromatic heterocycles. The summed E-state index contributed by atoms with van der Waals surface area (Å²) in [4.78, 5) is 22.0. The molecule has 0 saturated heterocycles. The van der Waals surface area contributed by atoms with Gasteiger partial charge in [-0.1, -0.05) is 29.8 Å². The molecule has 0 bridgehead atoms. The number of carboxylic acids is 1. The number of rotatable bonds is 7. The summed E-state index contributed by atoms with van der Waals surface area (Å²) in [6.07, 6.45) is -1.78. The number of carbonyl (C=O) groups is 1. The Morgan fingerprint density at radius 3 is 2.44 bits per heavy atom. The normalized spacial score (nSPS) is 13.1. The number of thioether (sulfide) groups is 1. The van der Waals surface area contributed by atoms with Gasteiger partial charge in [0, 0.05) is 6.07 Å². The minimum atomic E-state index is -1.78. The van der Waals surface area contributed by atoms with Gasteiger partial charge in [0.25, 0.3) is 5.69 Å². The summed E-state index contributed by atoms with van der Waals surface area (Å²) in [5.41, 5.74) is 0.212. The van der Waals surface area contributed by atoms with Crippen molar-refractivity contribution < 1.29 is 24.7 Å². The summed E-state index contributed by atoms with van der Waals surface area (Å²) in [6.45, 7) is 0. The van der Waals surface area contributed by atoms with Crippen LogP contribution in [0.1, 0.15) is 10.8 Å². The number of methoxy groups -OCH3 is 1. The molecule has 2 N–H and O–H groups in total. The van der Waals surface area contributed by atoms with Gasteiger partial charge in [0.05, 0.1) is 22.3 Å². The minimum absolute atomic E-state index is 0.0929. The number of aliphatic hydroxyl groups is 1. The van der Waals surface area contributed by atoms with Crippen molar-refractivity contribution in [2.75, 3.05) is 7.11 Å². The molecule has 2 rings (SSSR count). The molecular formula is C16H14ClNO6S. The Morgan fingerprint density at radius 2 is 1.92 bits per heavy atom.